The topological polar surface area (TPSA) is 63.4 Å². The average molecular weight is 254 g/mol. The fourth-order valence-electron chi connectivity index (χ4n) is 1.39. The van der Waals surface area contributed by atoms with Gasteiger partial charge in [0, 0.05) is 30.9 Å². The highest BCUT2D eigenvalue weighted by Gasteiger charge is 2.30. The maximum Gasteiger partial charge on any atom is 0.164 e. The summed E-state index contributed by atoms with van der Waals surface area (Å²) in [5, 5.41) is -0.428. The van der Waals surface area contributed by atoms with Crippen LogP contribution in [0.3, 0.4) is 0 Å². The number of hydrogen-bond donors (Lipinski definition) is 1. The van der Waals surface area contributed by atoms with E-state index < -0.39 is 15.2 Å². The SMILES string of the molecule is CS(=O)(=O)C1CSCCN1CC(N)=S. The molecule has 14 heavy (non-hydrogen) atoms. The molecule has 7 heteroatoms. The summed E-state index contributed by atoms with van der Waals surface area (Å²) in [6, 6.07) is 0. The zero-order valence-corrected chi connectivity index (χ0v) is 10.4. The number of sulfone groups is 1. The first kappa shape index (κ1) is 12.2. The smallest absolute Gasteiger partial charge is 0.164 e. The Hall–Kier alpha value is 0.150. The van der Waals surface area contributed by atoms with Crippen LogP contribution >= 0.6 is 24.0 Å². The first-order valence-corrected chi connectivity index (χ1v) is 7.72. The predicted molar refractivity (Wildman–Crippen MR) is 64.3 cm³/mol. The van der Waals surface area contributed by atoms with Crippen LogP contribution in [0.5, 0.6) is 0 Å². The molecule has 1 aliphatic heterocycles. The summed E-state index contributed by atoms with van der Waals surface area (Å²) in [6.07, 6.45) is 1.26. The van der Waals surface area contributed by atoms with Gasteiger partial charge < -0.3 is 5.73 Å². The Morgan fingerprint density at radius 3 is 2.86 bits per heavy atom. The molecule has 4 nitrogen and oxygen atoms in total. The molecule has 1 atom stereocenters. The molecule has 1 aliphatic rings. The molecule has 0 bridgehead atoms. The molecule has 0 spiro atoms. The van der Waals surface area contributed by atoms with E-state index in [0.29, 0.717) is 17.3 Å². The molecule has 1 heterocycles. The Morgan fingerprint density at radius 1 is 1.71 bits per heavy atom. The fourth-order valence-corrected chi connectivity index (χ4v) is 4.50. The molecule has 0 aliphatic carbocycles. The molecule has 0 aromatic rings. The highest BCUT2D eigenvalue weighted by atomic mass is 32.2. The molecule has 0 amide bonds. The van der Waals surface area contributed by atoms with Crippen molar-refractivity contribution < 1.29 is 8.42 Å². The van der Waals surface area contributed by atoms with E-state index in [9.17, 15) is 8.42 Å². The Kier molecular flexibility index (Phi) is 4.17. The highest BCUT2D eigenvalue weighted by molar-refractivity contribution is 8.00. The van der Waals surface area contributed by atoms with Crippen LogP contribution in [0.1, 0.15) is 0 Å². The van der Waals surface area contributed by atoms with Crippen LogP contribution < -0.4 is 5.73 Å². The lowest BCUT2D eigenvalue weighted by Crippen LogP contribution is -2.49. The predicted octanol–water partition coefficient (Wildman–Crippen LogP) is -0.308. The van der Waals surface area contributed by atoms with E-state index >= 15 is 0 Å². The molecule has 1 fully saturated rings. The van der Waals surface area contributed by atoms with Gasteiger partial charge in [-0.05, 0) is 0 Å². The lowest BCUT2D eigenvalue weighted by molar-refractivity contribution is 0.308. The second-order valence-corrected chi connectivity index (χ2v) is 7.17. The number of thiocarbonyl (C=S) groups is 1. The maximum atomic E-state index is 11.4. The van der Waals surface area contributed by atoms with E-state index in [-0.39, 0.29) is 0 Å². The van der Waals surface area contributed by atoms with E-state index in [4.69, 9.17) is 18.0 Å². The van der Waals surface area contributed by atoms with Crippen LogP contribution in [0.4, 0.5) is 0 Å². The maximum absolute atomic E-state index is 11.4. The van der Waals surface area contributed by atoms with Gasteiger partial charge in [-0.1, -0.05) is 12.2 Å². The summed E-state index contributed by atoms with van der Waals surface area (Å²) in [5.74, 6) is 1.55. The van der Waals surface area contributed by atoms with Crippen molar-refractivity contribution in [3.63, 3.8) is 0 Å². The second-order valence-electron chi connectivity index (χ2n) is 3.30. The van der Waals surface area contributed by atoms with Crippen molar-refractivity contribution in [2.24, 2.45) is 5.73 Å². The monoisotopic (exact) mass is 254 g/mol. The lowest BCUT2D eigenvalue weighted by atomic mass is 10.4. The largest absolute Gasteiger partial charge is 0.392 e. The summed E-state index contributed by atoms with van der Waals surface area (Å²) in [6.45, 7) is 1.13. The van der Waals surface area contributed by atoms with Gasteiger partial charge in [0.1, 0.15) is 5.37 Å². The van der Waals surface area contributed by atoms with Crippen LogP contribution in [0, 0.1) is 0 Å². The van der Waals surface area contributed by atoms with Crippen molar-refractivity contribution in [2.75, 3.05) is 30.9 Å². The molecule has 82 valence electrons. The van der Waals surface area contributed by atoms with E-state index in [1.807, 2.05) is 4.90 Å². The van der Waals surface area contributed by atoms with Gasteiger partial charge in [0.2, 0.25) is 0 Å². The molecule has 2 N–H and O–H groups in total. The molecule has 0 aromatic carbocycles. The van der Waals surface area contributed by atoms with Crippen molar-refractivity contribution in [1.82, 2.24) is 4.90 Å². The number of rotatable bonds is 3. The van der Waals surface area contributed by atoms with Gasteiger partial charge >= 0.3 is 0 Å². The van der Waals surface area contributed by atoms with Crippen molar-refractivity contribution in [1.29, 1.82) is 0 Å². The minimum atomic E-state index is -3.03. The van der Waals surface area contributed by atoms with Crippen molar-refractivity contribution in [3.8, 4) is 0 Å². The fraction of sp³-hybridized carbons (Fsp3) is 0.857. The van der Waals surface area contributed by atoms with Gasteiger partial charge in [0.25, 0.3) is 0 Å². The zero-order valence-electron chi connectivity index (χ0n) is 7.97. The molecule has 1 saturated heterocycles. The van der Waals surface area contributed by atoms with Crippen molar-refractivity contribution in [3.05, 3.63) is 0 Å². The molecule has 0 radical (unpaired) electrons. The number of hydrogen-bond acceptors (Lipinski definition) is 5. The summed E-state index contributed by atoms with van der Waals surface area (Å²) in [7, 11) is -3.03. The van der Waals surface area contributed by atoms with Gasteiger partial charge in [-0.15, -0.1) is 0 Å². The average Bonchev–Trinajstić information content (AvgIpc) is 2.01. The third-order valence-electron chi connectivity index (χ3n) is 2.04. The zero-order chi connectivity index (χ0) is 10.8. The van der Waals surface area contributed by atoms with Crippen LogP contribution in [0.25, 0.3) is 0 Å². The molecular formula is C7H14N2O2S3. The van der Waals surface area contributed by atoms with Gasteiger partial charge in [-0.25, -0.2) is 8.42 Å². The Balaban J connectivity index is 2.74. The van der Waals surface area contributed by atoms with Crippen molar-refractivity contribution >= 4 is 38.8 Å². The minimum Gasteiger partial charge on any atom is -0.392 e. The van der Waals surface area contributed by atoms with Gasteiger partial charge in [0.05, 0.1) is 4.99 Å². The number of nitrogens with two attached hydrogens (primary N) is 1. The number of nitrogens with zero attached hydrogens (tertiary/aromatic N) is 1. The Morgan fingerprint density at radius 2 is 2.36 bits per heavy atom. The molecule has 1 rings (SSSR count). The van der Waals surface area contributed by atoms with Crippen LogP contribution in [-0.2, 0) is 9.84 Å². The van der Waals surface area contributed by atoms with Crippen LogP contribution in [-0.4, -0.2) is 54.5 Å². The lowest BCUT2D eigenvalue weighted by Gasteiger charge is -2.33. The molecular weight excluding hydrogens is 240 g/mol. The van der Waals surface area contributed by atoms with Crippen LogP contribution in [0.15, 0.2) is 0 Å². The molecule has 0 saturated carbocycles. The third-order valence-corrected chi connectivity index (χ3v) is 4.86. The van der Waals surface area contributed by atoms with Crippen LogP contribution in [0.2, 0.25) is 0 Å². The Bertz CT molecular complexity index is 315. The summed E-state index contributed by atoms with van der Waals surface area (Å²) in [4.78, 5) is 2.19. The highest BCUT2D eigenvalue weighted by Crippen LogP contribution is 2.19. The first-order valence-electron chi connectivity index (χ1n) is 4.20. The normalized spacial score (nSPS) is 24.8. The first-order chi connectivity index (χ1) is 6.41. The standard InChI is InChI=1S/C7H14N2O2S3/c1-14(10,11)7-5-13-3-2-9(7)4-6(8)12/h7H,2-5H2,1H3,(H2,8,12). The van der Waals surface area contributed by atoms with E-state index in [0.717, 1.165) is 12.3 Å². The summed E-state index contributed by atoms with van der Waals surface area (Å²) in [5.41, 5.74) is 5.42. The van der Waals surface area contributed by atoms with Gasteiger partial charge in [0.15, 0.2) is 9.84 Å². The molecule has 0 aromatic heterocycles. The third kappa shape index (κ3) is 3.38. The molecule has 1 unspecified atom stereocenters. The minimum absolute atomic E-state index is 0.352. The van der Waals surface area contributed by atoms with E-state index in [1.165, 1.54) is 6.26 Å². The summed E-state index contributed by atoms with van der Waals surface area (Å²) >= 11 is 6.44. The van der Waals surface area contributed by atoms with Gasteiger partial charge in [-0.3, -0.25) is 4.90 Å². The summed E-state index contributed by atoms with van der Waals surface area (Å²) < 4.78 is 22.9. The van der Waals surface area contributed by atoms with E-state index in [1.54, 1.807) is 11.8 Å². The second kappa shape index (κ2) is 4.78. The van der Waals surface area contributed by atoms with E-state index in [2.05, 4.69) is 0 Å². The van der Waals surface area contributed by atoms with Crippen molar-refractivity contribution in [2.45, 2.75) is 5.37 Å². The Labute approximate surface area is 94.1 Å². The van der Waals surface area contributed by atoms with Gasteiger partial charge in [-0.2, -0.15) is 11.8 Å². The quantitative estimate of drug-likeness (QED) is 0.697. The number of thioether (sulfide) groups is 1.